The van der Waals surface area contributed by atoms with E-state index in [1.54, 1.807) is 23.8 Å². The van der Waals surface area contributed by atoms with Gasteiger partial charge in [0.1, 0.15) is 5.75 Å². The van der Waals surface area contributed by atoms with Crippen LogP contribution in [-0.2, 0) is 14.3 Å². The van der Waals surface area contributed by atoms with Gasteiger partial charge in [0.05, 0.1) is 18.0 Å². The van der Waals surface area contributed by atoms with Gasteiger partial charge < -0.3 is 19.3 Å². The number of thioether (sulfide) groups is 1. The Morgan fingerprint density at radius 1 is 1.16 bits per heavy atom. The number of esters is 1. The molecule has 0 aliphatic carbocycles. The molecule has 0 fully saturated rings. The maximum Gasteiger partial charge on any atom is 0.303 e. The Morgan fingerprint density at radius 3 is 2.41 bits per heavy atom. The summed E-state index contributed by atoms with van der Waals surface area (Å²) in [7, 11) is 5.57. The molecule has 0 bridgehead atoms. The third-order valence-electron chi connectivity index (χ3n) is 5.49. The van der Waals surface area contributed by atoms with Crippen LogP contribution < -0.4 is 9.64 Å². The monoisotopic (exact) mass is 456 g/mol. The molecule has 1 aliphatic rings. The van der Waals surface area contributed by atoms with Crippen molar-refractivity contribution in [3.63, 3.8) is 0 Å². The van der Waals surface area contributed by atoms with E-state index in [9.17, 15) is 9.59 Å². The largest absolute Gasteiger partial charge is 0.497 e. The number of carbonyl (C=O) groups excluding carboxylic acids is 2. The summed E-state index contributed by atoms with van der Waals surface area (Å²) in [4.78, 5) is 30.6. The van der Waals surface area contributed by atoms with E-state index < -0.39 is 12.1 Å². The zero-order valence-electron chi connectivity index (χ0n) is 19.6. The van der Waals surface area contributed by atoms with Gasteiger partial charge in [-0.15, -0.1) is 11.8 Å². The lowest BCUT2D eigenvalue weighted by molar-refractivity contribution is -0.152. The number of carbonyl (C=O) groups is 2. The van der Waals surface area contributed by atoms with Crippen molar-refractivity contribution in [2.75, 3.05) is 39.2 Å². The Kier molecular flexibility index (Phi) is 7.85. The molecule has 32 heavy (non-hydrogen) atoms. The number of benzene rings is 2. The van der Waals surface area contributed by atoms with Crippen LogP contribution in [0.4, 0.5) is 5.69 Å². The number of rotatable bonds is 7. The number of hydrogen-bond acceptors (Lipinski definition) is 6. The summed E-state index contributed by atoms with van der Waals surface area (Å²) in [6.45, 7) is 6.86. The lowest BCUT2D eigenvalue weighted by Gasteiger charge is -2.28. The van der Waals surface area contributed by atoms with Crippen LogP contribution in [0.2, 0.25) is 0 Å². The number of fused-ring (bicyclic) bond motifs is 1. The van der Waals surface area contributed by atoms with Crippen LogP contribution in [0.1, 0.15) is 43.1 Å². The highest BCUT2D eigenvalue weighted by molar-refractivity contribution is 7.99. The normalized spacial score (nSPS) is 18.5. The minimum Gasteiger partial charge on any atom is -0.497 e. The maximum absolute atomic E-state index is 13.8. The topological polar surface area (TPSA) is 59.1 Å². The molecule has 3 rings (SSSR count). The Morgan fingerprint density at radius 2 is 1.84 bits per heavy atom. The summed E-state index contributed by atoms with van der Waals surface area (Å²) in [5, 5.41) is -0.372. The average Bonchev–Trinajstić information content (AvgIpc) is 2.86. The third kappa shape index (κ3) is 5.45. The molecule has 1 amide bonds. The van der Waals surface area contributed by atoms with Crippen LogP contribution in [0, 0.1) is 0 Å². The Labute approximate surface area is 194 Å². The van der Waals surface area contributed by atoms with Crippen LogP contribution >= 0.6 is 11.8 Å². The SMILES string of the molecule is COc1ccc([C@H]2Sc3cc(C(C)C)ccc3N(CCN(C)C)C(=O)[C@H]2OC(C)=O)cc1. The Hall–Kier alpha value is -2.51. The number of likely N-dealkylation sites (N-methyl/N-ethyl adjacent to an activating group) is 1. The predicted molar refractivity (Wildman–Crippen MR) is 129 cm³/mol. The molecule has 7 heteroatoms. The van der Waals surface area contributed by atoms with Crippen LogP contribution in [0.3, 0.4) is 0 Å². The molecule has 2 atom stereocenters. The molecule has 0 saturated heterocycles. The summed E-state index contributed by atoms with van der Waals surface area (Å²) in [5.41, 5.74) is 2.97. The van der Waals surface area contributed by atoms with Crippen molar-refractivity contribution in [2.24, 2.45) is 0 Å². The van der Waals surface area contributed by atoms with Gasteiger partial charge in [0.25, 0.3) is 5.91 Å². The zero-order valence-corrected chi connectivity index (χ0v) is 20.4. The van der Waals surface area contributed by atoms with Crippen molar-refractivity contribution >= 4 is 29.3 Å². The highest BCUT2D eigenvalue weighted by Crippen LogP contribution is 2.47. The van der Waals surface area contributed by atoms with Gasteiger partial charge in [-0.05, 0) is 55.4 Å². The van der Waals surface area contributed by atoms with Crippen LogP contribution in [0.5, 0.6) is 5.75 Å². The van der Waals surface area contributed by atoms with Gasteiger partial charge in [0.2, 0.25) is 0 Å². The summed E-state index contributed by atoms with van der Waals surface area (Å²) in [6.07, 6.45) is -0.928. The summed E-state index contributed by atoms with van der Waals surface area (Å²) in [6, 6.07) is 13.9. The Bertz CT molecular complexity index is 959. The van der Waals surface area contributed by atoms with E-state index in [1.807, 2.05) is 49.3 Å². The maximum atomic E-state index is 13.8. The highest BCUT2D eigenvalue weighted by Gasteiger charge is 2.40. The minimum atomic E-state index is -0.928. The highest BCUT2D eigenvalue weighted by atomic mass is 32.2. The molecular weight excluding hydrogens is 424 g/mol. The quantitative estimate of drug-likeness (QED) is 0.572. The fourth-order valence-electron chi connectivity index (χ4n) is 3.67. The van der Waals surface area contributed by atoms with E-state index in [0.717, 1.165) is 21.9 Å². The molecule has 172 valence electrons. The van der Waals surface area contributed by atoms with Crippen molar-refractivity contribution < 1.29 is 19.1 Å². The summed E-state index contributed by atoms with van der Waals surface area (Å²) < 4.78 is 10.9. The lowest BCUT2D eigenvalue weighted by atomic mass is 10.0. The lowest BCUT2D eigenvalue weighted by Crippen LogP contribution is -2.45. The van der Waals surface area contributed by atoms with E-state index in [0.29, 0.717) is 19.0 Å². The van der Waals surface area contributed by atoms with Gasteiger partial charge in [-0.1, -0.05) is 32.0 Å². The first-order valence-corrected chi connectivity index (χ1v) is 11.7. The van der Waals surface area contributed by atoms with E-state index in [-0.39, 0.29) is 11.2 Å². The molecule has 0 aromatic heterocycles. The molecule has 0 N–H and O–H groups in total. The van der Waals surface area contributed by atoms with Gasteiger partial charge in [-0.25, -0.2) is 0 Å². The van der Waals surface area contributed by atoms with Crippen LogP contribution in [0.25, 0.3) is 0 Å². The second kappa shape index (κ2) is 10.4. The van der Waals surface area contributed by atoms with Crippen LogP contribution in [-0.4, -0.2) is 57.2 Å². The molecule has 6 nitrogen and oxygen atoms in total. The second-order valence-corrected chi connectivity index (χ2v) is 9.70. The summed E-state index contributed by atoms with van der Waals surface area (Å²) >= 11 is 1.57. The van der Waals surface area contributed by atoms with E-state index in [4.69, 9.17) is 9.47 Å². The first-order chi connectivity index (χ1) is 15.2. The van der Waals surface area contributed by atoms with Gasteiger partial charge in [-0.2, -0.15) is 0 Å². The van der Waals surface area contributed by atoms with E-state index in [1.165, 1.54) is 12.5 Å². The fourth-order valence-corrected chi connectivity index (χ4v) is 5.03. The third-order valence-corrected chi connectivity index (χ3v) is 6.84. The van der Waals surface area contributed by atoms with Crippen molar-refractivity contribution in [1.82, 2.24) is 4.90 Å². The molecule has 2 aromatic rings. The molecule has 2 aromatic carbocycles. The fraction of sp³-hybridized carbons (Fsp3) is 0.440. The molecule has 1 aliphatic heterocycles. The van der Waals surface area contributed by atoms with Crippen molar-refractivity contribution in [1.29, 1.82) is 0 Å². The molecule has 0 unspecified atom stereocenters. The standard InChI is InChI=1S/C25H32N2O4S/c1-16(2)19-9-12-21-22(15-19)32-24(18-7-10-20(30-6)11-8-18)23(31-17(3)28)25(29)27(21)14-13-26(4)5/h7-12,15-16,23-24H,13-14H2,1-6H3/t23-,24+/m0/s1. The molecule has 0 spiro atoms. The smallest absolute Gasteiger partial charge is 0.303 e. The second-order valence-electron chi connectivity index (χ2n) is 8.52. The average molecular weight is 457 g/mol. The van der Waals surface area contributed by atoms with Crippen molar-refractivity contribution in [3.8, 4) is 5.75 Å². The van der Waals surface area contributed by atoms with Crippen molar-refractivity contribution in [3.05, 3.63) is 53.6 Å². The number of amides is 1. The van der Waals surface area contributed by atoms with Crippen LogP contribution in [0.15, 0.2) is 47.4 Å². The number of methoxy groups -OCH3 is 1. The van der Waals surface area contributed by atoms with Gasteiger partial charge in [0, 0.05) is 24.9 Å². The zero-order chi connectivity index (χ0) is 23.4. The summed E-state index contributed by atoms with van der Waals surface area (Å²) in [5.74, 6) is 0.423. The number of hydrogen-bond donors (Lipinski definition) is 0. The molecule has 1 heterocycles. The predicted octanol–water partition coefficient (Wildman–Crippen LogP) is 4.49. The first kappa shape index (κ1) is 24.1. The first-order valence-electron chi connectivity index (χ1n) is 10.8. The molecule has 0 saturated carbocycles. The number of anilines is 1. The van der Waals surface area contributed by atoms with Crippen molar-refractivity contribution in [2.45, 2.75) is 42.9 Å². The number of nitrogens with zero attached hydrogens (tertiary/aromatic N) is 2. The van der Waals surface area contributed by atoms with Gasteiger partial charge >= 0.3 is 5.97 Å². The van der Waals surface area contributed by atoms with E-state index >= 15 is 0 Å². The molecule has 0 radical (unpaired) electrons. The van der Waals surface area contributed by atoms with Gasteiger partial charge in [-0.3, -0.25) is 9.59 Å². The Balaban J connectivity index is 2.13. The minimum absolute atomic E-state index is 0.202. The number of ether oxygens (including phenoxy) is 2. The molecular formula is C25H32N2O4S. The van der Waals surface area contributed by atoms with Gasteiger partial charge in [0.15, 0.2) is 6.10 Å². The van der Waals surface area contributed by atoms with E-state index in [2.05, 4.69) is 26.0 Å².